The zero-order chi connectivity index (χ0) is 18.6. The Morgan fingerprint density at radius 3 is 2.50 bits per heavy atom. The van der Waals surface area contributed by atoms with Gasteiger partial charge in [-0.1, -0.05) is 25.7 Å². The Hall–Kier alpha value is -1.40. The fourth-order valence-corrected chi connectivity index (χ4v) is 4.10. The maximum atomic E-state index is 12.0. The van der Waals surface area contributed by atoms with E-state index in [1.54, 1.807) is 26.0 Å². The van der Waals surface area contributed by atoms with Crippen LogP contribution in [0.1, 0.15) is 44.9 Å². The van der Waals surface area contributed by atoms with Gasteiger partial charge in [-0.2, -0.15) is 0 Å². The van der Waals surface area contributed by atoms with Gasteiger partial charge in [0.2, 0.25) is 5.91 Å². The third kappa shape index (κ3) is 7.46. The summed E-state index contributed by atoms with van der Waals surface area (Å²) in [5.41, 5.74) is 0. The summed E-state index contributed by atoms with van der Waals surface area (Å²) in [5.74, 6) is 2.29. The average Bonchev–Trinajstić information content (AvgIpc) is 2.94. The molecular formula is C20H32N2O3S. The van der Waals surface area contributed by atoms with E-state index in [9.17, 15) is 4.79 Å². The first-order valence-electron chi connectivity index (χ1n) is 9.58. The van der Waals surface area contributed by atoms with Crippen LogP contribution in [-0.4, -0.2) is 45.0 Å². The Morgan fingerprint density at radius 1 is 1.08 bits per heavy atom. The van der Waals surface area contributed by atoms with Crippen LogP contribution in [0.4, 0.5) is 0 Å². The minimum absolute atomic E-state index is 0.112. The minimum Gasteiger partial charge on any atom is -0.493 e. The number of thioether (sulfide) groups is 1. The Bertz CT molecular complexity index is 546. The molecule has 0 bridgehead atoms. The lowest BCUT2D eigenvalue weighted by Gasteiger charge is -2.16. The monoisotopic (exact) mass is 380 g/mol. The molecule has 1 aliphatic rings. The summed E-state index contributed by atoms with van der Waals surface area (Å²) in [6.07, 6.45) is 8.46. The number of hydrogen-bond acceptors (Lipinski definition) is 5. The minimum atomic E-state index is 0.112. The molecule has 1 amide bonds. The smallest absolute Gasteiger partial charge is 0.220 e. The highest BCUT2D eigenvalue weighted by Gasteiger charge is 2.11. The Kier molecular flexibility index (Phi) is 9.71. The van der Waals surface area contributed by atoms with E-state index in [0.29, 0.717) is 24.8 Å². The third-order valence-electron chi connectivity index (χ3n) is 4.69. The van der Waals surface area contributed by atoms with Crippen LogP contribution in [0, 0.1) is 0 Å². The number of rotatable bonds is 10. The molecule has 1 aromatic rings. The van der Waals surface area contributed by atoms with E-state index in [2.05, 4.69) is 10.6 Å². The van der Waals surface area contributed by atoms with Crippen LogP contribution in [0.3, 0.4) is 0 Å². The molecule has 1 aromatic carbocycles. The van der Waals surface area contributed by atoms with Gasteiger partial charge in [-0.3, -0.25) is 4.79 Å². The summed E-state index contributed by atoms with van der Waals surface area (Å²) >= 11 is 1.65. The van der Waals surface area contributed by atoms with Gasteiger partial charge in [-0.05, 0) is 31.0 Å². The molecular weight excluding hydrogens is 348 g/mol. The number of hydrogen-bond donors (Lipinski definition) is 2. The molecule has 1 aliphatic carbocycles. The molecule has 6 heteroatoms. The first kappa shape index (κ1) is 20.9. The highest BCUT2D eigenvalue weighted by molar-refractivity contribution is 7.99. The second kappa shape index (κ2) is 12.1. The topological polar surface area (TPSA) is 59.6 Å². The van der Waals surface area contributed by atoms with Crippen molar-refractivity contribution in [3.05, 3.63) is 18.2 Å². The lowest BCUT2D eigenvalue weighted by molar-refractivity contribution is -0.120. The van der Waals surface area contributed by atoms with Gasteiger partial charge in [-0.25, -0.2) is 0 Å². The predicted molar refractivity (Wildman–Crippen MR) is 107 cm³/mol. The van der Waals surface area contributed by atoms with E-state index in [1.807, 2.05) is 18.2 Å². The summed E-state index contributed by atoms with van der Waals surface area (Å²) < 4.78 is 10.5. The number of nitrogens with one attached hydrogen (secondary N) is 2. The Morgan fingerprint density at radius 2 is 1.81 bits per heavy atom. The Labute approximate surface area is 161 Å². The molecule has 0 aromatic heterocycles. The molecule has 2 N–H and O–H groups in total. The average molecular weight is 381 g/mol. The zero-order valence-corrected chi connectivity index (χ0v) is 16.8. The molecule has 0 heterocycles. The number of carbonyl (C=O) groups is 1. The van der Waals surface area contributed by atoms with Crippen LogP contribution in [0.2, 0.25) is 0 Å². The fourth-order valence-electron chi connectivity index (χ4n) is 3.22. The van der Waals surface area contributed by atoms with Gasteiger partial charge in [-0.15, -0.1) is 11.8 Å². The normalized spacial score (nSPS) is 15.3. The van der Waals surface area contributed by atoms with Crippen molar-refractivity contribution >= 4 is 17.7 Å². The quantitative estimate of drug-likeness (QED) is 0.369. The van der Waals surface area contributed by atoms with Crippen molar-refractivity contribution in [1.29, 1.82) is 0 Å². The molecule has 1 fully saturated rings. The molecule has 0 atom stereocenters. The number of methoxy groups -OCH3 is 2. The SMILES string of the molecule is COc1ccc(SCCC(=O)NCCNC2CCCCCC2)cc1OC. The molecule has 146 valence electrons. The first-order chi connectivity index (χ1) is 12.7. The van der Waals surface area contributed by atoms with E-state index >= 15 is 0 Å². The summed E-state index contributed by atoms with van der Waals surface area (Å²) in [5, 5.41) is 6.58. The molecule has 0 saturated heterocycles. The van der Waals surface area contributed by atoms with Crippen LogP contribution in [0.25, 0.3) is 0 Å². The standard InChI is InChI=1S/C20H32N2O3S/c1-24-18-10-9-17(15-19(18)25-2)26-14-11-20(23)22-13-12-21-16-7-5-3-4-6-8-16/h9-10,15-16,21H,3-8,11-14H2,1-2H3,(H,22,23). The highest BCUT2D eigenvalue weighted by Crippen LogP contribution is 2.31. The molecule has 26 heavy (non-hydrogen) atoms. The van der Waals surface area contributed by atoms with Crippen LogP contribution in [-0.2, 0) is 4.79 Å². The van der Waals surface area contributed by atoms with Gasteiger partial charge in [0.05, 0.1) is 14.2 Å². The van der Waals surface area contributed by atoms with Crippen molar-refractivity contribution in [3.63, 3.8) is 0 Å². The second-order valence-electron chi connectivity index (χ2n) is 6.61. The van der Waals surface area contributed by atoms with Crippen LogP contribution in [0.5, 0.6) is 11.5 Å². The maximum Gasteiger partial charge on any atom is 0.220 e. The van der Waals surface area contributed by atoms with E-state index in [0.717, 1.165) is 22.9 Å². The fraction of sp³-hybridized carbons (Fsp3) is 0.650. The summed E-state index contributed by atoms with van der Waals surface area (Å²) in [6, 6.07) is 6.45. The molecule has 0 spiro atoms. The van der Waals surface area contributed by atoms with Crippen LogP contribution >= 0.6 is 11.8 Å². The van der Waals surface area contributed by atoms with Crippen molar-refractivity contribution < 1.29 is 14.3 Å². The van der Waals surface area contributed by atoms with Gasteiger partial charge in [0.25, 0.3) is 0 Å². The molecule has 2 rings (SSSR count). The number of carbonyl (C=O) groups excluding carboxylic acids is 1. The van der Waals surface area contributed by atoms with Crippen molar-refractivity contribution in [1.82, 2.24) is 10.6 Å². The molecule has 5 nitrogen and oxygen atoms in total. The maximum absolute atomic E-state index is 12.0. The van der Waals surface area contributed by atoms with Crippen molar-refractivity contribution in [2.24, 2.45) is 0 Å². The van der Waals surface area contributed by atoms with Gasteiger partial charge in [0.15, 0.2) is 11.5 Å². The zero-order valence-electron chi connectivity index (χ0n) is 16.0. The van der Waals surface area contributed by atoms with E-state index < -0.39 is 0 Å². The molecule has 0 unspecified atom stereocenters. The molecule has 0 radical (unpaired) electrons. The first-order valence-corrected chi connectivity index (χ1v) is 10.6. The van der Waals surface area contributed by atoms with Gasteiger partial charge >= 0.3 is 0 Å². The highest BCUT2D eigenvalue weighted by atomic mass is 32.2. The Balaban J connectivity index is 1.58. The lowest BCUT2D eigenvalue weighted by Crippen LogP contribution is -2.36. The van der Waals surface area contributed by atoms with Crippen molar-refractivity contribution in [2.75, 3.05) is 33.1 Å². The summed E-state index contributed by atoms with van der Waals surface area (Å²) in [6.45, 7) is 1.57. The summed E-state index contributed by atoms with van der Waals surface area (Å²) in [7, 11) is 3.25. The van der Waals surface area contributed by atoms with E-state index in [4.69, 9.17) is 9.47 Å². The number of amides is 1. The largest absolute Gasteiger partial charge is 0.493 e. The molecule has 1 saturated carbocycles. The lowest BCUT2D eigenvalue weighted by atomic mass is 10.1. The predicted octanol–water partition coefficient (Wildman–Crippen LogP) is 3.61. The third-order valence-corrected chi connectivity index (χ3v) is 5.68. The van der Waals surface area contributed by atoms with Crippen molar-refractivity contribution in [2.45, 2.75) is 55.9 Å². The van der Waals surface area contributed by atoms with Crippen molar-refractivity contribution in [3.8, 4) is 11.5 Å². The summed E-state index contributed by atoms with van der Waals surface area (Å²) in [4.78, 5) is 13.0. The van der Waals surface area contributed by atoms with Crippen LogP contribution in [0.15, 0.2) is 23.1 Å². The van der Waals surface area contributed by atoms with Gasteiger partial charge < -0.3 is 20.1 Å². The van der Waals surface area contributed by atoms with Crippen LogP contribution < -0.4 is 20.1 Å². The second-order valence-corrected chi connectivity index (χ2v) is 7.78. The molecule has 0 aliphatic heterocycles. The van der Waals surface area contributed by atoms with Gasteiger partial charge in [0, 0.05) is 36.2 Å². The van der Waals surface area contributed by atoms with E-state index in [1.165, 1.54) is 38.5 Å². The number of benzene rings is 1. The van der Waals surface area contributed by atoms with E-state index in [-0.39, 0.29) is 5.91 Å². The number of ether oxygens (including phenoxy) is 2. The van der Waals surface area contributed by atoms with Gasteiger partial charge in [0.1, 0.15) is 0 Å².